The Hall–Kier alpha value is -2.56. The number of rotatable bonds is 2. The van der Waals surface area contributed by atoms with E-state index in [2.05, 4.69) is 10.5 Å². The minimum Gasteiger partial charge on any atom is -0.476 e. The topological polar surface area (TPSA) is 55.6 Å². The number of benzene rings is 1. The van der Waals surface area contributed by atoms with Crippen LogP contribution in [-0.4, -0.2) is 23.0 Å². The van der Waals surface area contributed by atoms with E-state index in [1.165, 1.54) is 0 Å². The van der Waals surface area contributed by atoms with Crippen molar-refractivity contribution < 1.29 is 9.53 Å². The Morgan fingerprint density at radius 2 is 2.20 bits per heavy atom. The van der Waals surface area contributed by atoms with E-state index in [9.17, 15) is 4.79 Å². The third kappa shape index (κ3) is 1.97. The van der Waals surface area contributed by atoms with Crippen LogP contribution in [0.15, 0.2) is 41.1 Å². The molecule has 0 aliphatic carbocycles. The summed E-state index contributed by atoms with van der Waals surface area (Å²) in [5.74, 6) is 0.117. The summed E-state index contributed by atoms with van der Waals surface area (Å²) in [6, 6.07) is 8.06. The van der Waals surface area contributed by atoms with E-state index in [-0.39, 0.29) is 5.91 Å². The maximum Gasteiger partial charge on any atom is 0.277 e. The quantitative estimate of drug-likeness (QED) is 0.848. The molecular formula is C15H15N3O2. The number of hydrazone groups is 1. The lowest BCUT2D eigenvalue weighted by molar-refractivity contribution is -0.116. The van der Waals surface area contributed by atoms with Crippen molar-refractivity contribution in [3.63, 3.8) is 0 Å². The van der Waals surface area contributed by atoms with Crippen LogP contribution >= 0.6 is 0 Å². The Morgan fingerprint density at radius 1 is 1.40 bits per heavy atom. The second kappa shape index (κ2) is 4.85. The summed E-state index contributed by atoms with van der Waals surface area (Å²) in [6.07, 6.45) is 3.81. The van der Waals surface area contributed by atoms with Crippen LogP contribution in [-0.2, 0) is 16.6 Å². The first-order valence-electron chi connectivity index (χ1n) is 6.47. The van der Waals surface area contributed by atoms with Gasteiger partial charge in [0.05, 0.1) is 6.61 Å². The fourth-order valence-corrected chi connectivity index (χ4v) is 2.34. The molecule has 2 aromatic rings. The standard InChI is InChI=1S/C15H15N3O2/c1-3-20-15-12(14(19)16-17-15)8-10-9-18(2)13-7-5-4-6-11(10)13/h4-9H,3H2,1-2H3,(H,16,19). The van der Waals surface area contributed by atoms with Crippen molar-refractivity contribution in [2.75, 3.05) is 6.61 Å². The molecule has 2 heterocycles. The van der Waals surface area contributed by atoms with Gasteiger partial charge in [0.25, 0.3) is 5.91 Å². The molecule has 20 heavy (non-hydrogen) atoms. The van der Waals surface area contributed by atoms with E-state index < -0.39 is 0 Å². The Labute approximate surface area is 116 Å². The summed E-state index contributed by atoms with van der Waals surface area (Å²) in [4.78, 5) is 11.8. The van der Waals surface area contributed by atoms with Gasteiger partial charge in [-0.2, -0.15) is 0 Å². The van der Waals surface area contributed by atoms with Gasteiger partial charge in [0.15, 0.2) is 0 Å². The molecule has 0 saturated heterocycles. The molecule has 0 fully saturated rings. The average molecular weight is 269 g/mol. The fourth-order valence-electron chi connectivity index (χ4n) is 2.34. The Bertz CT molecular complexity index is 741. The van der Waals surface area contributed by atoms with Crippen molar-refractivity contribution in [2.24, 2.45) is 12.1 Å². The van der Waals surface area contributed by atoms with E-state index >= 15 is 0 Å². The zero-order valence-corrected chi connectivity index (χ0v) is 11.4. The number of hydrogen-bond donors (Lipinski definition) is 1. The zero-order chi connectivity index (χ0) is 14.1. The second-order valence-corrected chi connectivity index (χ2v) is 4.56. The maximum absolute atomic E-state index is 11.8. The van der Waals surface area contributed by atoms with E-state index in [1.807, 2.05) is 55.1 Å². The number of nitrogens with zero attached hydrogens (tertiary/aromatic N) is 2. The lowest BCUT2D eigenvalue weighted by Crippen LogP contribution is -2.14. The monoisotopic (exact) mass is 269 g/mol. The molecule has 102 valence electrons. The van der Waals surface area contributed by atoms with Crippen molar-refractivity contribution in [3.8, 4) is 0 Å². The highest BCUT2D eigenvalue weighted by Crippen LogP contribution is 2.23. The molecule has 1 aliphatic heterocycles. The van der Waals surface area contributed by atoms with Crippen molar-refractivity contribution in [3.05, 3.63) is 41.6 Å². The number of hydrogen-bond acceptors (Lipinski definition) is 3. The van der Waals surface area contributed by atoms with Crippen molar-refractivity contribution >= 4 is 28.8 Å². The molecule has 0 saturated carbocycles. The number of aryl methyl sites for hydroxylation is 1. The van der Waals surface area contributed by atoms with Crippen LogP contribution in [0.4, 0.5) is 0 Å². The number of para-hydroxylation sites is 1. The molecule has 0 unspecified atom stereocenters. The Morgan fingerprint density at radius 3 is 3.00 bits per heavy atom. The third-order valence-electron chi connectivity index (χ3n) is 3.24. The van der Waals surface area contributed by atoms with E-state index in [0.717, 1.165) is 16.5 Å². The van der Waals surface area contributed by atoms with Gasteiger partial charge in [0, 0.05) is 29.7 Å². The molecule has 1 aromatic carbocycles. The van der Waals surface area contributed by atoms with Gasteiger partial charge in [0.2, 0.25) is 5.90 Å². The highest BCUT2D eigenvalue weighted by atomic mass is 16.5. The van der Waals surface area contributed by atoms with Crippen LogP contribution in [0.5, 0.6) is 0 Å². The second-order valence-electron chi connectivity index (χ2n) is 4.56. The molecule has 1 amide bonds. The fraction of sp³-hybridized carbons (Fsp3) is 0.200. The smallest absolute Gasteiger partial charge is 0.277 e. The van der Waals surface area contributed by atoms with Gasteiger partial charge < -0.3 is 9.30 Å². The molecule has 1 aromatic heterocycles. The summed E-state index contributed by atoms with van der Waals surface area (Å²) < 4.78 is 7.40. The normalized spacial score (nSPS) is 16.6. The first-order chi connectivity index (χ1) is 9.70. The number of aromatic nitrogens is 1. The van der Waals surface area contributed by atoms with Crippen molar-refractivity contribution in [1.29, 1.82) is 0 Å². The van der Waals surface area contributed by atoms with E-state index in [0.29, 0.717) is 18.1 Å². The average Bonchev–Trinajstić information content (AvgIpc) is 2.95. The van der Waals surface area contributed by atoms with Crippen LogP contribution in [0.25, 0.3) is 17.0 Å². The summed E-state index contributed by atoms with van der Waals surface area (Å²) in [6.45, 7) is 2.33. The molecular weight excluding hydrogens is 254 g/mol. The molecule has 0 bridgehead atoms. The van der Waals surface area contributed by atoms with Crippen molar-refractivity contribution in [1.82, 2.24) is 9.99 Å². The number of carbonyl (C=O) groups excluding carboxylic acids is 1. The van der Waals surface area contributed by atoms with Crippen LogP contribution in [0.2, 0.25) is 0 Å². The lowest BCUT2D eigenvalue weighted by Gasteiger charge is -2.01. The predicted molar refractivity (Wildman–Crippen MR) is 78.1 cm³/mol. The van der Waals surface area contributed by atoms with Crippen LogP contribution in [0.3, 0.4) is 0 Å². The largest absolute Gasteiger partial charge is 0.476 e. The molecule has 0 atom stereocenters. The number of carbonyl (C=O) groups is 1. The number of nitrogens with one attached hydrogen (secondary N) is 1. The first-order valence-corrected chi connectivity index (χ1v) is 6.47. The molecule has 3 rings (SSSR count). The van der Waals surface area contributed by atoms with Gasteiger partial charge >= 0.3 is 0 Å². The molecule has 1 N–H and O–H groups in total. The van der Waals surface area contributed by atoms with Gasteiger partial charge in [-0.05, 0) is 19.1 Å². The first kappa shape index (κ1) is 12.5. The third-order valence-corrected chi connectivity index (χ3v) is 3.24. The summed E-state index contributed by atoms with van der Waals surface area (Å²) >= 11 is 0. The highest BCUT2D eigenvalue weighted by Gasteiger charge is 2.24. The maximum atomic E-state index is 11.8. The molecule has 1 aliphatic rings. The molecule has 0 spiro atoms. The van der Waals surface area contributed by atoms with Gasteiger partial charge in [-0.15, -0.1) is 5.10 Å². The summed E-state index contributed by atoms with van der Waals surface area (Å²) in [5, 5.41) is 4.99. The van der Waals surface area contributed by atoms with E-state index in [1.54, 1.807) is 0 Å². The lowest BCUT2D eigenvalue weighted by atomic mass is 10.1. The summed E-state index contributed by atoms with van der Waals surface area (Å²) in [5.41, 5.74) is 4.98. The minimum atomic E-state index is -0.235. The predicted octanol–water partition coefficient (Wildman–Crippen LogP) is 2.04. The number of amides is 1. The SMILES string of the molecule is CCOC1=NNC(=O)C1=Cc1cn(C)c2ccccc12. The van der Waals surface area contributed by atoms with Gasteiger partial charge in [-0.1, -0.05) is 18.2 Å². The number of ether oxygens (including phenoxy) is 1. The zero-order valence-electron chi connectivity index (χ0n) is 11.4. The molecule has 5 nitrogen and oxygen atoms in total. The summed E-state index contributed by atoms with van der Waals surface area (Å²) in [7, 11) is 1.98. The van der Waals surface area contributed by atoms with Crippen LogP contribution in [0, 0.1) is 0 Å². The van der Waals surface area contributed by atoms with Gasteiger partial charge in [0.1, 0.15) is 5.57 Å². The minimum absolute atomic E-state index is 0.235. The van der Waals surface area contributed by atoms with Crippen molar-refractivity contribution in [2.45, 2.75) is 6.92 Å². The molecule has 0 radical (unpaired) electrons. The Balaban J connectivity index is 2.10. The van der Waals surface area contributed by atoms with Crippen LogP contribution in [0.1, 0.15) is 12.5 Å². The van der Waals surface area contributed by atoms with Gasteiger partial charge in [-0.3, -0.25) is 4.79 Å². The van der Waals surface area contributed by atoms with E-state index in [4.69, 9.17) is 4.74 Å². The van der Waals surface area contributed by atoms with Gasteiger partial charge in [-0.25, -0.2) is 5.43 Å². The highest BCUT2D eigenvalue weighted by molar-refractivity contribution is 6.25. The number of fused-ring (bicyclic) bond motifs is 1. The Kier molecular flexibility index (Phi) is 3.02. The molecule has 5 heteroatoms. The van der Waals surface area contributed by atoms with Crippen LogP contribution < -0.4 is 5.43 Å².